The quantitative estimate of drug-likeness (QED) is 0.868. The summed E-state index contributed by atoms with van der Waals surface area (Å²) in [6.45, 7) is 0. The van der Waals surface area contributed by atoms with Gasteiger partial charge in [0.1, 0.15) is 5.75 Å². The number of halogens is 1. The van der Waals surface area contributed by atoms with E-state index in [0.29, 0.717) is 20.8 Å². The lowest BCUT2D eigenvalue weighted by Crippen LogP contribution is -1.84. The number of thiazole rings is 1. The minimum atomic E-state index is -0.997. The van der Waals surface area contributed by atoms with Gasteiger partial charge in [0.15, 0.2) is 0 Å². The Morgan fingerprint density at radius 3 is 2.78 bits per heavy atom. The first-order valence-corrected chi connectivity index (χ1v) is 6.13. The number of hydrogen-bond donors (Lipinski definition) is 1. The highest BCUT2D eigenvalue weighted by atomic mass is 35.5. The van der Waals surface area contributed by atoms with E-state index in [4.69, 9.17) is 21.4 Å². The van der Waals surface area contributed by atoms with Crippen LogP contribution in [-0.2, 0) is 4.79 Å². The van der Waals surface area contributed by atoms with Crippen LogP contribution >= 0.6 is 22.9 Å². The van der Waals surface area contributed by atoms with Crippen LogP contribution in [0.1, 0.15) is 4.88 Å². The molecule has 1 aromatic carbocycles. The smallest absolute Gasteiger partial charge is 0.328 e. The van der Waals surface area contributed by atoms with E-state index in [-0.39, 0.29) is 0 Å². The van der Waals surface area contributed by atoms with Crippen molar-refractivity contribution < 1.29 is 14.6 Å². The third-order valence-electron chi connectivity index (χ3n) is 1.91. The topological polar surface area (TPSA) is 59.4 Å². The fraction of sp³-hybridized carbons (Fsp3) is 0. The number of carbonyl (C=O) groups is 1. The van der Waals surface area contributed by atoms with Crippen LogP contribution in [0.3, 0.4) is 0 Å². The third-order valence-corrected chi connectivity index (χ3v) is 3.00. The molecule has 0 aliphatic rings. The van der Waals surface area contributed by atoms with Crippen LogP contribution in [0.4, 0.5) is 0 Å². The number of carboxylic acids is 1. The van der Waals surface area contributed by atoms with Crippen LogP contribution in [0.2, 0.25) is 5.02 Å². The summed E-state index contributed by atoms with van der Waals surface area (Å²) in [5, 5.41) is 9.57. The maximum atomic E-state index is 10.4. The molecule has 1 heterocycles. The van der Waals surface area contributed by atoms with Gasteiger partial charge < -0.3 is 9.84 Å². The van der Waals surface area contributed by atoms with Crippen LogP contribution in [0.15, 0.2) is 36.5 Å². The van der Waals surface area contributed by atoms with Gasteiger partial charge >= 0.3 is 5.97 Å². The zero-order chi connectivity index (χ0) is 13.0. The first-order valence-electron chi connectivity index (χ1n) is 4.94. The van der Waals surface area contributed by atoms with Gasteiger partial charge in [-0.3, -0.25) is 0 Å². The van der Waals surface area contributed by atoms with Crippen molar-refractivity contribution in [2.75, 3.05) is 0 Å². The second-order valence-electron chi connectivity index (χ2n) is 3.26. The van der Waals surface area contributed by atoms with Gasteiger partial charge in [0.05, 0.1) is 4.88 Å². The summed E-state index contributed by atoms with van der Waals surface area (Å²) in [4.78, 5) is 15.1. The number of ether oxygens (including phenoxy) is 1. The molecule has 92 valence electrons. The first-order chi connectivity index (χ1) is 8.63. The molecule has 1 N–H and O–H groups in total. The Bertz CT molecular complexity index is 577. The lowest BCUT2D eigenvalue weighted by Gasteiger charge is -2.00. The van der Waals surface area contributed by atoms with E-state index >= 15 is 0 Å². The van der Waals surface area contributed by atoms with Crippen molar-refractivity contribution in [3.8, 4) is 10.9 Å². The molecule has 0 fully saturated rings. The van der Waals surface area contributed by atoms with Gasteiger partial charge in [-0.1, -0.05) is 22.9 Å². The molecule has 1 aromatic heterocycles. The van der Waals surface area contributed by atoms with Crippen LogP contribution in [0.25, 0.3) is 6.08 Å². The Balaban J connectivity index is 2.06. The molecule has 0 spiro atoms. The zero-order valence-electron chi connectivity index (χ0n) is 9.04. The van der Waals surface area contributed by atoms with Gasteiger partial charge in [-0.15, -0.1) is 0 Å². The van der Waals surface area contributed by atoms with Crippen molar-refractivity contribution in [1.29, 1.82) is 0 Å². The summed E-state index contributed by atoms with van der Waals surface area (Å²) >= 11 is 7.01. The van der Waals surface area contributed by atoms with Crippen LogP contribution < -0.4 is 4.74 Å². The minimum Gasteiger partial charge on any atom is -0.478 e. The number of rotatable bonds is 4. The van der Waals surface area contributed by atoms with Crippen molar-refractivity contribution in [3.63, 3.8) is 0 Å². The van der Waals surface area contributed by atoms with E-state index in [2.05, 4.69) is 4.98 Å². The predicted octanol–water partition coefficient (Wildman–Crippen LogP) is 3.69. The Kier molecular flexibility index (Phi) is 3.96. The molecule has 0 bridgehead atoms. The molecular weight excluding hydrogens is 274 g/mol. The van der Waals surface area contributed by atoms with Crippen LogP contribution in [0, 0.1) is 0 Å². The molecule has 0 unspecified atom stereocenters. The van der Waals surface area contributed by atoms with Crippen molar-refractivity contribution >= 4 is 35.0 Å². The molecule has 0 radical (unpaired) electrons. The van der Waals surface area contributed by atoms with E-state index in [0.717, 1.165) is 6.08 Å². The molecule has 0 aliphatic carbocycles. The Morgan fingerprint density at radius 2 is 2.11 bits per heavy atom. The van der Waals surface area contributed by atoms with Crippen LogP contribution in [0.5, 0.6) is 10.9 Å². The van der Waals surface area contributed by atoms with Gasteiger partial charge in [-0.25, -0.2) is 9.78 Å². The summed E-state index contributed by atoms with van der Waals surface area (Å²) in [5.74, 6) is -0.369. The number of nitrogens with zero attached hydrogens (tertiary/aromatic N) is 1. The normalized spacial score (nSPS) is 10.7. The second kappa shape index (κ2) is 5.66. The summed E-state index contributed by atoms with van der Waals surface area (Å²) in [5.41, 5.74) is 0. The highest BCUT2D eigenvalue weighted by Gasteiger charge is 2.03. The lowest BCUT2D eigenvalue weighted by atomic mass is 10.3. The second-order valence-corrected chi connectivity index (χ2v) is 4.72. The average Bonchev–Trinajstić information content (AvgIpc) is 2.77. The van der Waals surface area contributed by atoms with E-state index < -0.39 is 5.97 Å². The average molecular weight is 282 g/mol. The van der Waals surface area contributed by atoms with Crippen molar-refractivity contribution in [3.05, 3.63) is 46.4 Å². The molecule has 0 amide bonds. The van der Waals surface area contributed by atoms with Crippen molar-refractivity contribution in [1.82, 2.24) is 4.98 Å². The minimum absolute atomic E-state index is 0.447. The lowest BCUT2D eigenvalue weighted by molar-refractivity contribution is -0.131. The van der Waals surface area contributed by atoms with Gasteiger partial charge in [-0.2, -0.15) is 0 Å². The van der Waals surface area contributed by atoms with Crippen LogP contribution in [-0.4, -0.2) is 16.1 Å². The number of benzene rings is 1. The monoisotopic (exact) mass is 281 g/mol. The number of hydrogen-bond acceptors (Lipinski definition) is 4. The summed E-state index contributed by atoms with van der Waals surface area (Å²) < 4.78 is 5.49. The Morgan fingerprint density at radius 1 is 1.39 bits per heavy atom. The molecule has 0 atom stereocenters. The van der Waals surface area contributed by atoms with E-state index in [1.807, 2.05) is 0 Å². The van der Waals surface area contributed by atoms with E-state index in [1.165, 1.54) is 17.4 Å². The largest absolute Gasteiger partial charge is 0.478 e. The molecule has 0 saturated heterocycles. The molecule has 18 heavy (non-hydrogen) atoms. The fourth-order valence-corrected chi connectivity index (χ4v) is 1.96. The summed E-state index contributed by atoms with van der Waals surface area (Å²) in [7, 11) is 0. The van der Waals surface area contributed by atoms with Crippen molar-refractivity contribution in [2.24, 2.45) is 0 Å². The fourth-order valence-electron chi connectivity index (χ4n) is 1.15. The van der Waals surface area contributed by atoms with Gasteiger partial charge in [0.25, 0.3) is 5.19 Å². The molecule has 0 aliphatic heterocycles. The highest BCUT2D eigenvalue weighted by Crippen LogP contribution is 2.27. The maximum absolute atomic E-state index is 10.4. The van der Waals surface area contributed by atoms with Gasteiger partial charge in [0, 0.05) is 17.3 Å². The molecule has 2 rings (SSSR count). The SMILES string of the molecule is O=C(O)/C=C/c1cnc(Oc2ccc(Cl)cc2)s1. The molecule has 0 saturated carbocycles. The predicted molar refractivity (Wildman–Crippen MR) is 70.3 cm³/mol. The summed E-state index contributed by atoms with van der Waals surface area (Å²) in [6.07, 6.45) is 4.07. The molecule has 4 nitrogen and oxygen atoms in total. The van der Waals surface area contributed by atoms with Gasteiger partial charge in [-0.05, 0) is 30.3 Å². The standard InChI is InChI=1S/C12H8ClNO3S/c13-8-1-3-9(4-2-8)17-12-14-7-10(18-12)5-6-11(15)16/h1-7H,(H,15,16)/b6-5+. The Labute approximate surface area is 112 Å². The molecule has 2 aromatic rings. The molecular formula is C12H8ClNO3S. The van der Waals surface area contributed by atoms with E-state index in [1.54, 1.807) is 30.5 Å². The van der Waals surface area contributed by atoms with E-state index in [9.17, 15) is 4.79 Å². The maximum Gasteiger partial charge on any atom is 0.328 e. The van der Waals surface area contributed by atoms with Crippen molar-refractivity contribution in [2.45, 2.75) is 0 Å². The zero-order valence-corrected chi connectivity index (χ0v) is 10.6. The number of aliphatic carboxylic acids is 1. The third kappa shape index (κ3) is 3.58. The highest BCUT2D eigenvalue weighted by molar-refractivity contribution is 7.14. The number of carboxylic acid groups (broad SMARTS) is 1. The Hall–Kier alpha value is -1.85. The van der Waals surface area contributed by atoms with Gasteiger partial charge in [0.2, 0.25) is 0 Å². The number of aromatic nitrogens is 1. The molecule has 6 heteroatoms. The first kappa shape index (κ1) is 12.6. The summed E-state index contributed by atoms with van der Waals surface area (Å²) in [6, 6.07) is 6.90.